The van der Waals surface area contributed by atoms with Crippen LogP contribution in [-0.4, -0.2) is 6.61 Å². The summed E-state index contributed by atoms with van der Waals surface area (Å²) >= 11 is 3.41. The minimum absolute atomic E-state index is 0.244. The molecule has 1 aromatic rings. The normalized spacial score (nSPS) is 11.0. The number of hydrogen-bond donors (Lipinski definition) is 1. The molecule has 18 heavy (non-hydrogen) atoms. The van der Waals surface area contributed by atoms with Crippen molar-refractivity contribution in [2.75, 3.05) is 12.3 Å². The summed E-state index contributed by atoms with van der Waals surface area (Å²) in [6, 6.07) is 7.90. The van der Waals surface area contributed by atoms with Gasteiger partial charge in [0.1, 0.15) is 0 Å². The predicted molar refractivity (Wildman–Crippen MR) is 77.3 cm³/mol. The maximum atomic E-state index is 8.90. The molecule has 0 aliphatic rings. The van der Waals surface area contributed by atoms with Crippen LogP contribution in [0.3, 0.4) is 0 Å². The average molecular weight is 311 g/mol. The number of halogens is 1. The summed E-state index contributed by atoms with van der Waals surface area (Å²) in [6.07, 6.45) is 2.79. The average Bonchev–Trinajstić information content (AvgIpc) is 2.32. The van der Waals surface area contributed by atoms with E-state index < -0.39 is 0 Å². The van der Waals surface area contributed by atoms with Gasteiger partial charge < -0.3 is 10.5 Å². The smallest absolute Gasteiger partial charge is 0.156 e. The molecule has 0 aliphatic carbocycles. The van der Waals surface area contributed by atoms with Gasteiger partial charge in [-0.25, -0.2) is 0 Å². The number of nitriles is 1. The summed E-state index contributed by atoms with van der Waals surface area (Å²) in [6.45, 7) is 4.54. The monoisotopic (exact) mass is 310 g/mol. The lowest BCUT2D eigenvalue weighted by Crippen LogP contribution is -2.08. The minimum Gasteiger partial charge on any atom is -0.490 e. The lowest BCUT2D eigenvalue weighted by Gasteiger charge is -2.15. The maximum Gasteiger partial charge on any atom is 0.156 e. The van der Waals surface area contributed by atoms with Crippen LogP contribution in [0.4, 0.5) is 5.69 Å². The second-order valence-electron chi connectivity index (χ2n) is 4.96. The first kappa shape index (κ1) is 14.8. The summed E-state index contributed by atoms with van der Waals surface area (Å²) in [4.78, 5) is 0. The lowest BCUT2D eigenvalue weighted by atomic mass is 9.89. The molecule has 0 atom stereocenters. The number of anilines is 1. The van der Waals surface area contributed by atoms with E-state index in [9.17, 15) is 0 Å². The van der Waals surface area contributed by atoms with Gasteiger partial charge in [-0.1, -0.05) is 6.07 Å². The lowest BCUT2D eigenvalue weighted by molar-refractivity contribution is 0.295. The van der Waals surface area contributed by atoms with Crippen molar-refractivity contribution >= 4 is 21.6 Å². The number of rotatable bonds is 6. The van der Waals surface area contributed by atoms with E-state index in [1.165, 1.54) is 0 Å². The Morgan fingerprint density at radius 3 is 2.72 bits per heavy atom. The van der Waals surface area contributed by atoms with Crippen molar-refractivity contribution in [2.24, 2.45) is 5.41 Å². The summed E-state index contributed by atoms with van der Waals surface area (Å²) in [7, 11) is 0. The Balaban J connectivity index is 2.33. The molecule has 0 aromatic heterocycles. The molecule has 0 heterocycles. The van der Waals surface area contributed by atoms with Crippen LogP contribution in [0.2, 0.25) is 0 Å². The second kappa shape index (κ2) is 6.65. The van der Waals surface area contributed by atoms with Crippen LogP contribution < -0.4 is 10.5 Å². The third-order valence-electron chi connectivity index (χ3n) is 2.74. The number of nitrogen functional groups attached to an aromatic ring is 1. The maximum absolute atomic E-state index is 8.90. The summed E-state index contributed by atoms with van der Waals surface area (Å²) < 4.78 is 6.54. The number of benzene rings is 1. The summed E-state index contributed by atoms with van der Waals surface area (Å²) in [5.41, 5.74) is 6.23. The van der Waals surface area contributed by atoms with Crippen LogP contribution >= 0.6 is 15.9 Å². The van der Waals surface area contributed by atoms with Gasteiger partial charge in [0.15, 0.2) is 5.75 Å². The van der Waals surface area contributed by atoms with Gasteiger partial charge >= 0.3 is 0 Å². The molecular weight excluding hydrogens is 292 g/mol. The molecule has 0 radical (unpaired) electrons. The highest BCUT2D eigenvalue weighted by molar-refractivity contribution is 9.10. The Kier molecular flexibility index (Phi) is 5.49. The van der Waals surface area contributed by atoms with Crippen LogP contribution in [0, 0.1) is 16.7 Å². The van der Waals surface area contributed by atoms with Gasteiger partial charge in [0.25, 0.3) is 0 Å². The van der Waals surface area contributed by atoms with Gasteiger partial charge in [-0.15, -0.1) is 0 Å². The predicted octanol–water partition coefficient (Wildman–Crippen LogP) is 4.13. The highest BCUT2D eigenvalue weighted by Crippen LogP contribution is 2.31. The number of nitrogens with two attached hydrogens (primary N) is 1. The van der Waals surface area contributed by atoms with Crippen LogP contribution in [0.5, 0.6) is 5.75 Å². The van der Waals surface area contributed by atoms with E-state index in [4.69, 9.17) is 15.7 Å². The summed E-state index contributed by atoms with van der Waals surface area (Å²) in [5, 5.41) is 8.90. The summed E-state index contributed by atoms with van der Waals surface area (Å²) in [5.74, 6) is 0.706. The Morgan fingerprint density at radius 2 is 2.11 bits per heavy atom. The van der Waals surface area contributed by atoms with Crippen LogP contribution in [-0.2, 0) is 0 Å². The zero-order valence-corrected chi connectivity index (χ0v) is 12.5. The number of unbranched alkanes of at least 4 members (excludes halogenated alkanes) is 1. The zero-order chi connectivity index (χ0) is 13.6. The molecule has 1 aromatic carbocycles. The molecule has 0 bridgehead atoms. The molecule has 2 N–H and O–H groups in total. The topological polar surface area (TPSA) is 59.0 Å². The first-order valence-corrected chi connectivity index (χ1v) is 6.83. The molecule has 0 unspecified atom stereocenters. The van der Waals surface area contributed by atoms with Crippen molar-refractivity contribution in [1.82, 2.24) is 0 Å². The van der Waals surface area contributed by atoms with E-state index in [-0.39, 0.29) is 5.41 Å². The van der Waals surface area contributed by atoms with E-state index in [2.05, 4.69) is 22.0 Å². The van der Waals surface area contributed by atoms with Crippen molar-refractivity contribution in [1.29, 1.82) is 5.26 Å². The fourth-order valence-electron chi connectivity index (χ4n) is 1.58. The molecule has 0 aliphatic heterocycles. The number of para-hydroxylation sites is 1. The molecular formula is C14H19BrN2O. The Morgan fingerprint density at radius 1 is 1.39 bits per heavy atom. The molecule has 98 valence electrons. The first-order chi connectivity index (χ1) is 8.46. The fraction of sp³-hybridized carbons (Fsp3) is 0.500. The van der Waals surface area contributed by atoms with Crippen molar-refractivity contribution in [3.63, 3.8) is 0 Å². The van der Waals surface area contributed by atoms with E-state index in [1.807, 2.05) is 32.0 Å². The Bertz CT molecular complexity index is 418. The van der Waals surface area contributed by atoms with E-state index >= 15 is 0 Å². The largest absolute Gasteiger partial charge is 0.490 e. The van der Waals surface area contributed by atoms with Crippen LogP contribution in [0.15, 0.2) is 22.7 Å². The molecule has 4 heteroatoms. The Hall–Kier alpha value is -1.21. The highest BCUT2D eigenvalue weighted by Gasteiger charge is 2.15. The van der Waals surface area contributed by atoms with Gasteiger partial charge in [-0.05, 0) is 61.2 Å². The first-order valence-electron chi connectivity index (χ1n) is 6.04. The minimum atomic E-state index is -0.244. The second-order valence-corrected chi connectivity index (χ2v) is 5.81. The third-order valence-corrected chi connectivity index (χ3v) is 3.37. The van der Waals surface area contributed by atoms with Crippen LogP contribution in [0.1, 0.15) is 33.1 Å². The van der Waals surface area contributed by atoms with E-state index in [1.54, 1.807) is 0 Å². The third kappa shape index (κ3) is 4.58. The van der Waals surface area contributed by atoms with Gasteiger partial charge in [-0.3, -0.25) is 0 Å². The number of ether oxygens (including phenoxy) is 1. The number of nitrogens with zero attached hydrogens (tertiary/aromatic N) is 1. The van der Waals surface area contributed by atoms with Crippen molar-refractivity contribution in [3.05, 3.63) is 22.7 Å². The molecule has 0 spiro atoms. The molecule has 1 rings (SSSR count). The quantitative estimate of drug-likeness (QED) is 0.635. The van der Waals surface area contributed by atoms with Gasteiger partial charge in [-0.2, -0.15) is 5.26 Å². The van der Waals surface area contributed by atoms with Crippen LogP contribution in [0.25, 0.3) is 0 Å². The Labute approximate surface area is 117 Å². The SMILES string of the molecule is CC(C)(C#N)CCCCOc1c(N)cccc1Br. The van der Waals surface area contributed by atoms with Gasteiger partial charge in [0.05, 0.1) is 28.3 Å². The molecule has 0 fully saturated rings. The fourth-order valence-corrected chi connectivity index (χ4v) is 2.07. The van der Waals surface area contributed by atoms with Gasteiger partial charge in [0.2, 0.25) is 0 Å². The van der Waals surface area contributed by atoms with Gasteiger partial charge in [0, 0.05) is 0 Å². The van der Waals surface area contributed by atoms with E-state index in [0.717, 1.165) is 23.7 Å². The van der Waals surface area contributed by atoms with E-state index in [0.29, 0.717) is 18.0 Å². The van der Waals surface area contributed by atoms with Crippen molar-refractivity contribution in [3.8, 4) is 11.8 Å². The molecule has 3 nitrogen and oxygen atoms in total. The zero-order valence-electron chi connectivity index (χ0n) is 10.9. The molecule has 0 amide bonds. The molecule has 0 saturated heterocycles. The van der Waals surface area contributed by atoms with Crippen molar-refractivity contribution in [2.45, 2.75) is 33.1 Å². The standard InChI is InChI=1S/C14H19BrN2O/c1-14(2,10-16)8-3-4-9-18-13-11(15)6-5-7-12(13)17/h5-7H,3-4,8-9,17H2,1-2H3. The van der Waals surface area contributed by atoms with Crippen molar-refractivity contribution < 1.29 is 4.74 Å². The highest BCUT2D eigenvalue weighted by atomic mass is 79.9. The number of hydrogen-bond acceptors (Lipinski definition) is 3. The molecule has 0 saturated carbocycles.